The van der Waals surface area contributed by atoms with E-state index in [1.165, 1.54) is 6.07 Å². The number of aliphatic hydroxyl groups excluding tert-OH is 2. The van der Waals surface area contributed by atoms with Crippen molar-refractivity contribution in [2.24, 2.45) is 17.8 Å². The summed E-state index contributed by atoms with van der Waals surface area (Å²) in [6.07, 6.45) is -0.411. The molecule has 9 heteroatoms. The number of phenols is 1. The summed E-state index contributed by atoms with van der Waals surface area (Å²) in [5.74, 6) is -8.56. The Morgan fingerprint density at radius 2 is 1.71 bits per heavy atom. The summed E-state index contributed by atoms with van der Waals surface area (Å²) in [5, 5.41) is 43.4. The zero-order chi connectivity index (χ0) is 25.3. The molecule has 3 atom stereocenters. The lowest BCUT2D eigenvalue weighted by Crippen LogP contribution is -2.57. The first-order chi connectivity index (χ1) is 15.8. The second-order valence-electron chi connectivity index (χ2n) is 9.43. The SMILES string of the molecule is CC(=O)C1=C(O)[C@@]2(O)C(=O)C3=C(O)c4c(O)ccc(C(=O)C(=O)C(C)C)c4C[C@H]3C[C@H]2CC1=O. The summed E-state index contributed by atoms with van der Waals surface area (Å²) in [4.78, 5) is 63.0. The van der Waals surface area contributed by atoms with E-state index in [2.05, 4.69) is 0 Å². The highest BCUT2D eigenvalue weighted by molar-refractivity contribution is 6.44. The van der Waals surface area contributed by atoms with Crippen molar-refractivity contribution in [1.82, 2.24) is 0 Å². The smallest absolute Gasteiger partial charge is 0.229 e. The third kappa shape index (κ3) is 3.07. The molecule has 0 saturated heterocycles. The predicted molar refractivity (Wildman–Crippen MR) is 117 cm³/mol. The Kier molecular flexibility index (Phi) is 5.36. The lowest BCUT2D eigenvalue weighted by atomic mass is 9.59. The molecular formula is C25H24O9. The Bertz CT molecular complexity index is 1260. The van der Waals surface area contributed by atoms with Crippen molar-refractivity contribution in [2.75, 3.05) is 0 Å². The summed E-state index contributed by atoms with van der Waals surface area (Å²) in [6, 6.07) is 2.42. The van der Waals surface area contributed by atoms with Gasteiger partial charge in [-0.1, -0.05) is 13.8 Å². The third-order valence-corrected chi connectivity index (χ3v) is 7.05. The van der Waals surface area contributed by atoms with Crippen LogP contribution in [0.2, 0.25) is 0 Å². The first-order valence-corrected chi connectivity index (χ1v) is 10.9. The zero-order valence-corrected chi connectivity index (χ0v) is 18.8. The van der Waals surface area contributed by atoms with E-state index < -0.39 is 75.1 Å². The number of ketones is 5. The van der Waals surface area contributed by atoms with Gasteiger partial charge in [0.2, 0.25) is 17.3 Å². The van der Waals surface area contributed by atoms with Gasteiger partial charge in [-0.3, -0.25) is 24.0 Å². The normalized spacial score (nSPS) is 26.3. The second-order valence-corrected chi connectivity index (χ2v) is 9.43. The molecule has 0 radical (unpaired) electrons. The number of aliphatic hydroxyl groups is 3. The Morgan fingerprint density at radius 1 is 1.06 bits per heavy atom. The van der Waals surface area contributed by atoms with E-state index in [0.717, 1.165) is 13.0 Å². The standard InChI is InChI=1S/C25H24O9/c1-9(2)20(29)21(30)13-4-5-15(27)19-14(13)7-11-6-12-8-16(28)17(10(3)26)23(32)25(12,34)24(33)18(11)22(19)31/h4-5,9,11-12,27,31-32,34H,6-8H2,1-3H3/t11-,12+,25-/m1/s1. The van der Waals surface area contributed by atoms with Crippen LogP contribution >= 0.6 is 0 Å². The first-order valence-electron chi connectivity index (χ1n) is 10.9. The average Bonchev–Trinajstić information content (AvgIpc) is 2.75. The van der Waals surface area contributed by atoms with E-state index in [0.29, 0.717) is 0 Å². The Morgan fingerprint density at radius 3 is 2.29 bits per heavy atom. The molecule has 0 heterocycles. The van der Waals surface area contributed by atoms with Gasteiger partial charge in [-0.25, -0.2) is 0 Å². The van der Waals surface area contributed by atoms with Gasteiger partial charge >= 0.3 is 0 Å². The molecule has 1 saturated carbocycles. The van der Waals surface area contributed by atoms with Gasteiger partial charge in [0, 0.05) is 29.4 Å². The van der Waals surface area contributed by atoms with E-state index in [4.69, 9.17) is 0 Å². The van der Waals surface area contributed by atoms with Crippen LogP contribution in [0.1, 0.15) is 55.1 Å². The van der Waals surface area contributed by atoms with Crippen LogP contribution in [-0.2, 0) is 25.6 Å². The van der Waals surface area contributed by atoms with Crippen LogP contribution in [0.4, 0.5) is 0 Å². The van der Waals surface area contributed by atoms with Gasteiger partial charge < -0.3 is 20.4 Å². The molecule has 34 heavy (non-hydrogen) atoms. The summed E-state index contributed by atoms with van der Waals surface area (Å²) in [5.41, 5.74) is -3.52. The van der Waals surface area contributed by atoms with E-state index in [-0.39, 0.29) is 41.5 Å². The molecule has 9 nitrogen and oxygen atoms in total. The second kappa shape index (κ2) is 7.73. The molecule has 4 rings (SSSR count). The lowest BCUT2D eigenvalue weighted by Gasteiger charge is -2.46. The number of allylic oxidation sites excluding steroid dienone is 1. The number of rotatable bonds is 4. The quantitative estimate of drug-likeness (QED) is 0.293. The summed E-state index contributed by atoms with van der Waals surface area (Å²) in [7, 11) is 0. The fraction of sp³-hybridized carbons (Fsp3) is 0.400. The first kappa shape index (κ1) is 23.6. The van der Waals surface area contributed by atoms with Crippen LogP contribution in [0.3, 0.4) is 0 Å². The lowest BCUT2D eigenvalue weighted by molar-refractivity contribution is -0.147. The largest absolute Gasteiger partial charge is 0.508 e. The van der Waals surface area contributed by atoms with E-state index in [1.807, 2.05) is 0 Å². The van der Waals surface area contributed by atoms with Crippen LogP contribution in [0.5, 0.6) is 5.75 Å². The van der Waals surface area contributed by atoms with Crippen LogP contribution in [0.25, 0.3) is 5.76 Å². The zero-order valence-electron chi connectivity index (χ0n) is 18.8. The number of hydrogen-bond acceptors (Lipinski definition) is 9. The molecular weight excluding hydrogens is 444 g/mol. The monoisotopic (exact) mass is 468 g/mol. The number of hydrogen-bond donors (Lipinski definition) is 4. The Labute approximate surface area is 194 Å². The fourth-order valence-corrected chi connectivity index (χ4v) is 5.34. The topological polar surface area (TPSA) is 166 Å². The molecule has 3 aliphatic rings. The minimum absolute atomic E-state index is 0.00767. The molecule has 4 N–H and O–H groups in total. The van der Waals surface area contributed by atoms with Gasteiger partial charge in [-0.2, -0.15) is 0 Å². The van der Waals surface area contributed by atoms with Crippen molar-refractivity contribution in [2.45, 2.75) is 45.6 Å². The number of carbonyl (C=O) groups is 5. The fourth-order valence-electron chi connectivity index (χ4n) is 5.34. The highest BCUT2D eigenvalue weighted by atomic mass is 16.3. The maximum atomic E-state index is 13.5. The molecule has 178 valence electrons. The van der Waals surface area contributed by atoms with Crippen molar-refractivity contribution in [3.8, 4) is 5.75 Å². The molecule has 1 aromatic rings. The van der Waals surface area contributed by atoms with Crippen LogP contribution < -0.4 is 0 Å². The number of Topliss-reactive ketones (excluding diaryl/α,β-unsaturated/α-hetero) is 5. The third-order valence-electron chi connectivity index (χ3n) is 7.05. The van der Waals surface area contributed by atoms with E-state index >= 15 is 0 Å². The minimum Gasteiger partial charge on any atom is -0.508 e. The molecule has 0 aliphatic heterocycles. The van der Waals surface area contributed by atoms with Gasteiger partial charge in [-0.15, -0.1) is 0 Å². The average molecular weight is 468 g/mol. The van der Waals surface area contributed by atoms with Crippen molar-refractivity contribution in [3.63, 3.8) is 0 Å². The maximum Gasteiger partial charge on any atom is 0.229 e. The number of carbonyl (C=O) groups excluding carboxylic acids is 5. The van der Waals surface area contributed by atoms with Crippen LogP contribution in [0.15, 0.2) is 29.0 Å². The number of benzene rings is 1. The summed E-state index contributed by atoms with van der Waals surface area (Å²) in [6.45, 7) is 4.17. The molecule has 3 aliphatic carbocycles. The molecule has 1 fully saturated rings. The van der Waals surface area contributed by atoms with E-state index in [1.54, 1.807) is 13.8 Å². The number of phenolic OH excluding ortho intramolecular Hbond substituents is 1. The highest BCUT2D eigenvalue weighted by Crippen LogP contribution is 2.52. The summed E-state index contributed by atoms with van der Waals surface area (Å²) >= 11 is 0. The minimum atomic E-state index is -2.58. The van der Waals surface area contributed by atoms with Gasteiger partial charge in [0.05, 0.1) is 5.56 Å². The highest BCUT2D eigenvalue weighted by Gasteiger charge is 2.60. The Balaban J connectivity index is 1.92. The van der Waals surface area contributed by atoms with Crippen LogP contribution in [0, 0.1) is 17.8 Å². The van der Waals surface area contributed by atoms with E-state index in [9.17, 15) is 44.4 Å². The number of fused-ring (bicyclic) bond motifs is 3. The van der Waals surface area contributed by atoms with Gasteiger partial charge in [0.25, 0.3) is 0 Å². The maximum absolute atomic E-state index is 13.5. The number of aromatic hydroxyl groups is 1. The van der Waals surface area contributed by atoms with Gasteiger partial charge in [0.15, 0.2) is 17.2 Å². The van der Waals surface area contributed by atoms with Gasteiger partial charge in [0.1, 0.15) is 22.8 Å². The Hall–Kier alpha value is -3.59. The van der Waals surface area contributed by atoms with Gasteiger partial charge in [-0.05, 0) is 43.4 Å². The molecule has 0 bridgehead atoms. The molecule has 0 unspecified atom stereocenters. The van der Waals surface area contributed by atoms with Crippen molar-refractivity contribution in [3.05, 3.63) is 45.7 Å². The molecule has 1 aromatic carbocycles. The van der Waals surface area contributed by atoms with Crippen molar-refractivity contribution >= 4 is 34.7 Å². The van der Waals surface area contributed by atoms with Crippen molar-refractivity contribution in [1.29, 1.82) is 0 Å². The predicted octanol–water partition coefficient (Wildman–Crippen LogP) is 1.94. The molecule has 0 spiro atoms. The molecule has 0 aromatic heterocycles. The van der Waals surface area contributed by atoms with Crippen molar-refractivity contribution < 1.29 is 44.4 Å². The molecule has 0 amide bonds. The van der Waals surface area contributed by atoms with Crippen LogP contribution in [-0.4, -0.2) is 54.9 Å². The summed E-state index contributed by atoms with van der Waals surface area (Å²) < 4.78 is 0.